The van der Waals surface area contributed by atoms with Crippen LogP contribution in [0, 0.1) is 17.3 Å². The average molecular weight is 270 g/mol. The second-order valence-corrected chi connectivity index (χ2v) is 5.86. The third-order valence-electron chi connectivity index (χ3n) is 4.64. The van der Waals surface area contributed by atoms with E-state index in [-0.39, 0.29) is 41.4 Å². The van der Waals surface area contributed by atoms with Crippen molar-refractivity contribution >= 4 is 11.8 Å². The Kier molecular flexibility index (Phi) is 3.97. The van der Waals surface area contributed by atoms with Crippen molar-refractivity contribution in [3.05, 3.63) is 0 Å². The second-order valence-electron chi connectivity index (χ2n) is 5.86. The smallest absolute Gasteiger partial charge is 0.302 e. The maximum atomic E-state index is 11.5. The molecule has 0 aromatic rings. The Morgan fingerprint density at radius 1 is 1.37 bits per heavy atom. The van der Waals surface area contributed by atoms with Crippen molar-refractivity contribution in [3.8, 4) is 0 Å². The number of Topliss-reactive ketones (excluding diaryl/α,β-unsaturated/α-hetero) is 1. The average Bonchev–Trinajstić information content (AvgIpc) is 2.73. The molecule has 1 saturated carbocycles. The van der Waals surface area contributed by atoms with Crippen LogP contribution in [0.2, 0.25) is 0 Å². The van der Waals surface area contributed by atoms with Crippen molar-refractivity contribution in [2.75, 3.05) is 13.7 Å². The van der Waals surface area contributed by atoms with Crippen molar-refractivity contribution in [3.63, 3.8) is 0 Å². The van der Waals surface area contributed by atoms with Crippen molar-refractivity contribution < 1.29 is 23.8 Å². The van der Waals surface area contributed by atoms with Gasteiger partial charge in [-0.1, -0.05) is 6.92 Å². The number of rotatable bonds is 4. The van der Waals surface area contributed by atoms with E-state index < -0.39 is 0 Å². The molecule has 19 heavy (non-hydrogen) atoms. The Bertz CT molecular complexity index is 380. The van der Waals surface area contributed by atoms with Gasteiger partial charge in [0, 0.05) is 31.8 Å². The largest absolute Gasteiger partial charge is 0.462 e. The van der Waals surface area contributed by atoms with Crippen LogP contribution in [0.25, 0.3) is 0 Å². The van der Waals surface area contributed by atoms with Crippen LogP contribution in [0.5, 0.6) is 0 Å². The minimum atomic E-state index is -0.331. The minimum Gasteiger partial charge on any atom is -0.462 e. The third kappa shape index (κ3) is 2.41. The predicted molar refractivity (Wildman–Crippen MR) is 67.3 cm³/mol. The summed E-state index contributed by atoms with van der Waals surface area (Å²) in [4.78, 5) is 22.8. The number of hydrogen-bond donors (Lipinski definition) is 0. The van der Waals surface area contributed by atoms with Gasteiger partial charge in [0.25, 0.3) is 0 Å². The third-order valence-corrected chi connectivity index (χ3v) is 4.64. The number of carbonyl (C=O) groups excluding carboxylic acids is 2. The Morgan fingerprint density at radius 3 is 2.58 bits per heavy atom. The fraction of sp³-hybridized carbons (Fsp3) is 0.857. The Balaban J connectivity index is 2.26. The molecule has 0 spiro atoms. The summed E-state index contributed by atoms with van der Waals surface area (Å²) in [5.74, 6) is 0.0419. The van der Waals surface area contributed by atoms with Gasteiger partial charge in [0.1, 0.15) is 11.9 Å². The number of ketones is 1. The summed E-state index contributed by atoms with van der Waals surface area (Å²) in [5, 5.41) is 0. The standard InChI is InChI=1S/C14H22O5/c1-8(15)5-11-12(19-9(2)16)6-10-7-18-13(17-4)14(10,11)3/h10-13H,5-7H2,1-4H3/t10-,11-,12-,13?,14+/m0/s1. The van der Waals surface area contributed by atoms with Crippen LogP contribution in [0.15, 0.2) is 0 Å². The Hall–Kier alpha value is -0.940. The number of ether oxygens (including phenoxy) is 3. The first kappa shape index (κ1) is 14.5. The maximum Gasteiger partial charge on any atom is 0.302 e. The van der Waals surface area contributed by atoms with E-state index in [1.54, 1.807) is 14.0 Å². The van der Waals surface area contributed by atoms with Crippen LogP contribution in [-0.4, -0.2) is 37.9 Å². The number of hydrogen-bond acceptors (Lipinski definition) is 5. The molecule has 1 unspecified atom stereocenters. The van der Waals surface area contributed by atoms with E-state index in [4.69, 9.17) is 14.2 Å². The molecule has 1 aliphatic heterocycles. The Morgan fingerprint density at radius 2 is 2.05 bits per heavy atom. The molecular formula is C14H22O5. The van der Waals surface area contributed by atoms with Crippen LogP contribution < -0.4 is 0 Å². The molecule has 0 radical (unpaired) electrons. The maximum absolute atomic E-state index is 11.5. The molecule has 2 rings (SSSR count). The lowest BCUT2D eigenvalue weighted by Gasteiger charge is -2.35. The van der Waals surface area contributed by atoms with Gasteiger partial charge in [-0.15, -0.1) is 0 Å². The molecule has 0 bridgehead atoms. The quantitative estimate of drug-likeness (QED) is 0.725. The van der Waals surface area contributed by atoms with Crippen molar-refractivity contribution in [1.29, 1.82) is 0 Å². The van der Waals surface area contributed by atoms with Crippen molar-refractivity contribution in [1.82, 2.24) is 0 Å². The first-order valence-electron chi connectivity index (χ1n) is 6.70. The van der Waals surface area contributed by atoms with Crippen molar-refractivity contribution in [2.45, 2.75) is 46.0 Å². The zero-order chi connectivity index (χ0) is 14.2. The Labute approximate surface area is 113 Å². The molecule has 2 fully saturated rings. The fourth-order valence-corrected chi connectivity index (χ4v) is 3.73. The summed E-state index contributed by atoms with van der Waals surface area (Å²) in [6.45, 7) is 5.65. The van der Waals surface area contributed by atoms with Gasteiger partial charge in [-0.05, 0) is 19.3 Å². The molecule has 0 aromatic carbocycles. The van der Waals surface area contributed by atoms with Crippen LogP contribution in [0.3, 0.4) is 0 Å². The molecule has 1 aliphatic carbocycles. The summed E-state index contributed by atoms with van der Waals surface area (Å²) in [6.07, 6.45) is 0.600. The van der Waals surface area contributed by atoms with E-state index in [9.17, 15) is 9.59 Å². The lowest BCUT2D eigenvalue weighted by Crippen LogP contribution is -2.41. The lowest BCUT2D eigenvalue weighted by molar-refractivity contribution is -0.170. The zero-order valence-electron chi connectivity index (χ0n) is 12.0. The van der Waals surface area contributed by atoms with Gasteiger partial charge in [-0.25, -0.2) is 0 Å². The van der Waals surface area contributed by atoms with Gasteiger partial charge in [-0.2, -0.15) is 0 Å². The monoisotopic (exact) mass is 270 g/mol. The molecule has 5 atom stereocenters. The normalized spacial score (nSPS) is 41.1. The van der Waals surface area contributed by atoms with E-state index in [0.717, 1.165) is 6.42 Å². The molecule has 2 aliphatic rings. The summed E-state index contributed by atoms with van der Waals surface area (Å²) in [6, 6.07) is 0. The summed E-state index contributed by atoms with van der Waals surface area (Å²) in [5.41, 5.74) is -0.263. The SMILES string of the molecule is COC1OC[C@@H]2C[C@H](OC(C)=O)[C@H](CC(C)=O)[C@]12C. The molecule has 0 aromatic heterocycles. The van der Waals surface area contributed by atoms with Crippen LogP contribution in [0.1, 0.15) is 33.6 Å². The van der Waals surface area contributed by atoms with Crippen LogP contribution >= 0.6 is 0 Å². The highest BCUT2D eigenvalue weighted by Crippen LogP contribution is 2.57. The zero-order valence-corrected chi connectivity index (χ0v) is 12.0. The summed E-state index contributed by atoms with van der Waals surface area (Å²) < 4.78 is 16.5. The van der Waals surface area contributed by atoms with Gasteiger partial charge in [0.15, 0.2) is 6.29 Å². The molecule has 5 heteroatoms. The minimum absolute atomic E-state index is 0.0358. The fourth-order valence-electron chi connectivity index (χ4n) is 3.73. The van der Waals surface area contributed by atoms with E-state index in [2.05, 4.69) is 6.92 Å². The highest BCUT2D eigenvalue weighted by molar-refractivity contribution is 5.76. The molecule has 1 heterocycles. The van der Waals surface area contributed by atoms with Crippen LogP contribution in [0.4, 0.5) is 0 Å². The highest BCUT2D eigenvalue weighted by Gasteiger charge is 2.61. The summed E-state index contributed by atoms with van der Waals surface area (Å²) in [7, 11) is 1.61. The first-order valence-corrected chi connectivity index (χ1v) is 6.70. The number of esters is 1. The van der Waals surface area contributed by atoms with E-state index in [1.165, 1.54) is 6.92 Å². The predicted octanol–water partition coefficient (Wildman–Crippen LogP) is 1.54. The van der Waals surface area contributed by atoms with Gasteiger partial charge in [0.2, 0.25) is 0 Å². The lowest BCUT2D eigenvalue weighted by atomic mass is 9.72. The molecule has 0 amide bonds. The summed E-state index contributed by atoms with van der Waals surface area (Å²) >= 11 is 0. The highest BCUT2D eigenvalue weighted by atomic mass is 16.7. The van der Waals surface area contributed by atoms with Crippen LogP contribution in [-0.2, 0) is 23.8 Å². The second kappa shape index (κ2) is 5.21. The topological polar surface area (TPSA) is 61.8 Å². The number of methoxy groups -OCH3 is 1. The number of carbonyl (C=O) groups is 2. The molecule has 1 saturated heterocycles. The van der Waals surface area contributed by atoms with Gasteiger partial charge in [0.05, 0.1) is 6.61 Å². The molecular weight excluding hydrogens is 248 g/mol. The first-order chi connectivity index (χ1) is 8.89. The van der Waals surface area contributed by atoms with E-state index in [1.807, 2.05) is 0 Å². The van der Waals surface area contributed by atoms with Gasteiger partial charge >= 0.3 is 5.97 Å². The van der Waals surface area contributed by atoms with Crippen molar-refractivity contribution in [2.24, 2.45) is 17.3 Å². The van der Waals surface area contributed by atoms with E-state index >= 15 is 0 Å². The molecule has 5 nitrogen and oxygen atoms in total. The van der Waals surface area contributed by atoms with Gasteiger partial charge < -0.3 is 19.0 Å². The number of fused-ring (bicyclic) bond motifs is 1. The van der Waals surface area contributed by atoms with E-state index in [0.29, 0.717) is 13.0 Å². The van der Waals surface area contributed by atoms with Gasteiger partial charge in [-0.3, -0.25) is 4.79 Å². The molecule has 0 N–H and O–H groups in total. The molecule has 108 valence electrons.